The van der Waals surface area contributed by atoms with Gasteiger partial charge in [0.15, 0.2) is 0 Å². The summed E-state index contributed by atoms with van der Waals surface area (Å²) in [6, 6.07) is 5.25. The van der Waals surface area contributed by atoms with Gasteiger partial charge in [-0.15, -0.1) is 11.8 Å². The molecule has 0 saturated heterocycles. The van der Waals surface area contributed by atoms with E-state index in [0.29, 0.717) is 6.04 Å². The normalized spacial score (nSPS) is 19.3. The van der Waals surface area contributed by atoms with Gasteiger partial charge >= 0.3 is 0 Å². The van der Waals surface area contributed by atoms with Crippen molar-refractivity contribution in [3.05, 3.63) is 23.3 Å². The van der Waals surface area contributed by atoms with Crippen LogP contribution in [0.25, 0.3) is 0 Å². The highest BCUT2D eigenvalue weighted by Crippen LogP contribution is 2.40. The van der Waals surface area contributed by atoms with E-state index in [1.54, 1.807) is 0 Å². The molecule has 0 fully saturated rings. The second-order valence-electron chi connectivity index (χ2n) is 4.89. The van der Waals surface area contributed by atoms with Crippen LogP contribution in [0.1, 0.15) is 18.1 Å². The van der Waals surface area contributed by atoms with Gasteiger partial charge in [0.25, 0.3) is 0 Å². The van der Waals surface area contributed by atoms with Crippen molar-refractivity contribution < 1.29 is 0 Å². The lowest BCUT2D eigenvalue weighted by Crippen LogP contribution is -2.41. The molecule has 1 aliphatic rings. The summed E-state index contributed by atoms with van der Waals surface area (Å²) >= 11 is 2.01. The lowest BCUT2D eigenvalue weighted by Gasteiger charge is -2.37. The SMILES string of the molecule is CNCCN1c2cc(C)cc(C)c2SCC1C. The highest BCUT2D eigenvalue weighted by atomic mass is 32.2. The third-order valence-corrected chi connectivity index (χ3v) is 4.78. The highest BCUT2D eigenvalue weighted by Gasteiger charge is 2.24. The van der Waals surface area contributed by atoms with Crippen LogP contribution in [0.3, 0.4) is 0 Å². The maximum atomic E-state index is 3.25. The maximum Gasteiger partial charge on any atom is 0.0512 e. The van der Waals surface area contributed by atoms with Crippen LogP contribution in [-0.4, -0.2) is 31.9 Å². The van der Waals surface area contributed by atoms with E-state index < -0.39 is 0 Å². The Hall–Kier alpha value is -0.670. The number of rotatable bonds is 3. The first-order chi connectivity index (χ1) is 8.13. The van der Waals surface area contributed by atoms with Crippen molar-refractivity contribution in [2.75, 3.05) is 30.8 Å². The van der Waals surface area contributed by atoms with Gasteiger partial charge in [-0.1, -0.05) is 6.07 Å². The lowest BCUT2D eigenvalue weighted by atomic mass is 10.1. The van der Waals surface area contributed by atoms with Gasteiger partial charge in [0.1, 0.15) is 0 Å². The van der Waals surface area contributed by atoms with Gasteiger partial charge in [-0.05, 0) is 45.0 Å². The monoisotopic (exact) mass is 250 g/mol. The first-order valence-corrected chi connectivity index (χ1v) is 7.27. The van der Waals surface area contributed by atoms with Gasteiger partial charge in [0.05, 0.1) is 5.69 Å². The minimum atomic E-state index is 0.627. The fraction of sp³-hybridized carbons (Fsp3) is 0.571. The third kappa shape index (κ3) is 2.61. The molecular weight excluding hydrogens is 228 g/mol. The maximum absolute atomic E-state index is 3.25. The van der Waals surface area contributed by atoms with E-state index in [0.717, 1.165) is 13.1 Å². The quantitative estimate of drug-likeness (QED) is 0.888. The van der Waals surface area contributed by atoms with E-state index in [-0.39, 0.29) is 0 Å². The average molecular weight is 250 g/mol. The Bertz CT molecular complexity index is 403. The molecule has 1 aliphatic heterocycles. The molecule has 0 spiro atoms. The van der Waals surface area contributed by atoms with Gasteiger partial charge < -0.3 is 10.2 Å². The minimum absolute atomic E-state index is 0.627. The van der Waals surface area contributed by atoms with E-state index in [1.807, 2.05) is 18.8 Å². The number of anilines is 1. The smallest absolute Gasteiger partial charge is 0.0512 e. The molecule has 2 nitrogen and oxygen atoms in total. The summed E-state index contributed by atoms with van der Waals surface area (Å²) < 4.78 is 0. The van der Waals surface area contributed by atoms with E-state index in [1.165, 1.54) is 27.5 Å². The Kier molecular flexibility index (Phi) is 4.00. The summed E-state index contributed by atoms with van der Waals surface area (Å²) in [5.74, 6) is 1.20. The second-order valence-corrected chi connectivity index (χ2v) is 5.92. The van der Waals surface area contributed by atoms with Crippen molar-refractivity contribution in [2.45, 2.75) is 31.7 Å². The van der Waals surface area contributed by atoms with Crippen molar-refractivity contribution in [3.8, 4) is 0 Å². The van der Waals surface area contributed by atoms with Crippen LogP contribution in [-0.2, 0) is 0 Å². The lowest BCUT2D eigenvalue weighted by molar-refractivity contribution is 0.647. The molecule has 3 heteroatoms. The number of fused-ring (bicyclic) bond motifs is 1. The molecule has 1 unspecified atom stereocenters. The zero-order valence-electron chi connectivity index (χ0n) is 11.2. The fourth-order valence-corrected chi connectivity index (χ4v) is 3.64. The van der Waals surface area contributed by atoms with Crippen molar-refractivity contribution in [3.63, 3.8) is 0 Å². The third-order valence-electron chi connectivity index (χ3n) is 3.31. The van der Waals surface area contributed by atoms with Crippen LogP contribution in [0.4, 0.5) is 5.69 Å². The molecule has 94 valence electrons. The summed E-state index contributed by atoms with van der Waals surface area (Å²) in [5.41, 5.74) is 4.22. The predicted octanol–water partition coefficient (Wildman–Crippen LogP) is 2.82. The first kappa shape index (κ1) is 12.8. The molecule has 0 amide bonds. The molecule has 1 heterocycles. The molecule has 0 radical (unpaired) electrons. The van der Waals surface area contributed by atoms with Crippen LogP contribution in [0.2, 0.25) is 0 Å². The van der Waals surface area contributed by atoms with Gasteiger partial charge in [-0.3, -0.25) is 0 Å². The number of thioether (sulfide) groups is 1. The average Bonchev–Trinajstić information content (AvgIpc) is 2.27. The number of nitrogens with zero attached hydrogens (tertiary/aromatic N) is 1. The van der Waals surface area contributed by atoms with E-state index >= 15 is 0 Å². The summed E-state index contributed by atoms with van der Waals surface area (Å²) in [6.07, 6.45) is 0. The number of nitrogens with one attached hydrogen (secondary N) is 1. The Labute approximate surface area is 109 Å². The van der Waals surface area contributed by atoms with Gasteiger partial charge in [0.2, 0.25) is 0 Å². The van der Waals surface area contributed by atoms with Gasteiger partial charge in [-0.25, -0.2) is 0 Å². The Balaban J connectivity index is 2.36. The van der Waals surface area contributed by atoms with Crippen molar-refractivity contribution in [1.29, 1.82) is 0 Å². The van der Waals surface area contributed by atoms with Crippen molar-refractivity contribution in [2.24, 2.45) is 0 Å². The topological polar surface area (TPSA) is 15.3 Å². The fourth-order valence-electron chi connectivity index (χ4n) is 2.44. The van der Waals surface area contributed by atoms with Gasteiger partial charge in [0, 0.05) is 29.8 Å². The number of hydrogen-bond donors (Lipinski definition) is 1. The standard InChI is InChI=1S/C14H22N2S/c1-10-7-11(2)14-13(8-10)16(6-5-15-4)12(3)9-17-14/h7-8,12,15H,5-6,9H2,1-4H3. The largest absolute Gasteiger partial charge is 0.366 e. The Morgan fingerprint density at radius 2 is 2.18 bits per heavy atom. The molecule has 0 aromatic heterocycles. The summed E-state index contributed by atoms with van der Waals surface area (Å²) in [7, 11) is 2.02. The summed E-state index contributed by atoms with van der Waals surface area (Å²) in [4.78, 5) is 4.02. The van der Waals surface area contributed by atoms with Crippen molar-refractivity contribution >= 4 is 17.4 Å². The van der Waals surface area contributed by atoms with Crippen LogP contribution in [0.15, 0.2) is 17.0 Å². The number of likely N-dealkylation sites (N-methyl/N-ethyl adjacent to an activating group) is 1. The second kappa shape index (κ2) is 5.32. The highest BCUT2D eigenvalue weighted by molar-refractivity contribution is 7.99. The molecule has 1 atom stereocenters. The minimum Gasteiger partial charge on any atom is -0.366 e. The van der Waals surface area contributed by atoms with Crippen molar-refractivity contribution in [1.82, 2.24) is 5.32 Å². The molecular formula is C14H22N2S. The molecule has 0 saturated carbocycles. The first-order valence-electron chi connectivity index (χ1n) is 6.28. The van der Waals surface area contributed by atoms with E-state index in [9.17, 15) is 0 Å². The molecule has 0 bridgehead atoms. The molecule has 2 rings (SSSR count). The van der Waals surface area contributed by atoms with Crippen LogP contribution in [0, 0.1) is 13.8 Å². The summed E-state index contributed by atoms with van der Waals surface area (Å²) in [6.45, 7) is 8.87. The zero-order valence-corrected chi connectivity index (χ0v) is 12.0. The Morgan fingerprint density at radius 1 is 1.41 bits per heavy atom. The molecule has 17 heavy (non-hydrogen) atoms. The van der Waals surface area contributed by atoms with E-state index in [2.05, 4.69) is 43.1 Å². The van der Waals surface area contributed by atoms with Crippen LogP contribution < -0.4 is 10.2 Å². The molecule has 0 aliphatic carbocycles. The number of benzene rings is 1. The molecule has 1 N–H and O–H groups in total. The zero-order chi connectivity index (χ0) is 12.4. The van der Waals surface area contributed by atoms with E-state index in [4.69, 9.17) is 0 Å². The number of aryl methyl sites for hydroxylation is 2. The predicted molar refractivity (Wildman–Crippen MR) is 77.4 cm³/mol. The molecule has 1 aromatic rings. The van der Waals surface area contributed by atoms with Crippen LogP contribution in [0.5, 0.6) is 0 Å². The number of hydrogen-bond acceptors (Lipinski definition) is 3. The summed E-state index contributed by atoms with van der Waals surface area (Å²) in [5, 5.41) is 3.25. The Morgan fingerprint density at radius 3 is 2.88 bits per heavy atom. The van der Waals surface area contributed by atoms with Crippen LogP contribution >= 0.6 is 11.8 Å². The molecule has 1 aromatic carbocycles. The van der Waals surface area contributed by atoms with Gasteiger partial charge in [-0.2, -0.15) is 0 Å².